The Bertz CT molecular complexity index is 1030. The molecule has 1 atom stereocenters. The monoisotopic (exact) mass is 412 g/mol. The van der Waals surface area contributed by atoms with Crippen molar-refractivity contribution in [1.82, 2.24) is 20.1 Å². The minimum absolute atomic E-state index is 0.0681. The smallest absolute Gasteiger partial charge is 0.309 e. The van der Waals surface area contributed by atoms with Crippen LogP contribution in [0.5, 0.6) is 0 Å². The van der Waals surface area contributed by atoms with Gasteiger partial charge in [0, 0.05) is 42.3 Å². The molecule has 7 heteroatoms. The zero-order valence-electron chi connectivity index (χ0n) is 16.8. The Morgan fingerprint density at radius 2 is 1.69 bits per heavy atom. The number of carbonyl (C=O) groups excluding carboxylic acids is 2. The fourth-order valence-corrected chi connectivity index (χ4v) is 3.58. The first-order chi connectivity index (χ1) is 13.9. The molecule has 0 spiro atoms. The number of likely N-dealkylation sites (N-methyl/N-ethyl adjacent to an activating group) is 1. The number of halogens is 1. The van der Waals surface area contributed by atoms with Crippen molar-refractivity contribution in [3.8, 4) is 0 Å². The van der Waals surface area contributed by atoms with Gasteiger partial charge in [-0.15, -0.1) is 0 Å². The van der Waals surface area contributed by atoms with Crippen LogP contribution in [0.2, 0.25) is 5.02 Å². The Balaban J connectivity index is 1.65. The van der Waals surface area contributed by atoms with E-state index < -0.39 is 11.8 Å². The SMILES string of the molecule is CN(C)[C@@H](CNC(=O)C(=O)NCc1ccccc1Cl)c1cn(C)c2ccccc12. The molecule has 0 saturated heterocycles. The predicted molar refractivity (Wildman–Crippen MR) is 116 cm³/mol. The average Bonchev–Trinajstić information content (AvgIpc) is 3.03. The van der Waals surface area contributed by atoms with E-state index in [1.54, 1.807) is 6.07 Å². The molecule has 0 unspecified atom stereocenters. The quantitative estimate of drug-likeness (QED) is 0.612. The number of hydrogen-bond acceptors (Lipinski definition) is 3. The summed E-state index contributed by atoms with van der Waals surface area (Å²) in [7, 11) is 5.91. The fourth-order valence-electron chi connectivity index (χ4n) is 3.38. The number of aromatic nitrogens is 1. The molecule has 0 saturated carbocycles. The third-order valence-electron chi connectivity index (χ3n) is 4.97. The van der Waals surface area contributed by atoms with Gasteiger partial charge in [-0.3, -0.25) is 9.59 Å². The molecule has 0 fully saturated rings. The normalized spacial score (nSPS) is 12.2. The third-order valence-corrected chi connectivity index (χ3v) is 5.34. The van der Waals surface area contributed by atoms with Crippen LogP contribution in [0.4, 0.5) is 0 Å². The lowest BCUT2D eigenvalue weighted by molar-refractivity contribution is -0.139. The van der Waals surface area contributed by atoms with Crippen LogP contribution in [-0.2, 0) is 23.2 Å². The largest absolute Gasteiger partial charge is 0.350 e. The van der Waals surface area contributed by atoms with E-state index >= 15 is 0 Å². The topological polar surface area (TPSA) is 66.4 Å². The Labute approximate surface area is 175 Å². The number of nitrogens with one attached hydrogen (secondary N) is 2. The van der Waals surface area contributed by atoms with Crippen LogP contribution in [0.25, 0.3) is 10.9 Å². The number of fused-ring (bicyclic) bond motifs is 1. The minimum atomic E-state index is -0.680. The summed E-state index contributed by atoms with van der Waals surface area (Å²) in [4.78, 5) is 26.5. The van der Waals surface area contributed by atoms with Crippen molar-refractivity contribution in [2.45, 2.75) is 12.6 Å². The highest BCUT2D eigenvalue weighted by molar-refractivity contribution is 6.35. The van der Waals surface area contributed by atoms with Gasteiger partial charge in [-0.05, 0) is 37.4 Å². The molecule has 1 aromatic heterocycles. The summed E-state index contributed by atoms with van der Waals surface area (Å²) >= 11 is 6.08. The number of carbonyl (C=O) groups is 2. The van der Waals surface area contributed by atoms with Crippen LogP contribution < -0.4 is 10.6 Å². The summed E-state index contributed by atoms with van der Waals surface area (Å²) in [6.45, 7) is 0.520. The van der Waals surface area contributed by atoms with E-state index in [-0.39, 0.29) is 12.6 Å². The van der Waals surface area contributed by atoms with Gasteiger partial charge in [0.1, 0.15) is 0 Å². The summed E-state index contributed by atoms with van der Waals surface area (Å²) in [5.74, 6) is -1.34. The average molecular weight is 413 g/mol. The van der Waals surface area contributed by atoms with E-state index in [4.69, 9.17) is 11.6 Å². The van der Waals surface area contributed by atoms with Crippen molar-refractivity contribution in [1.29, 1.82) is 0 Å². The standard InChI is InChI=1S/C22H25ClN4O2/c1-26(2)20(17-14-27(3)19-11-7-5-9-16(17)19)13-25-22(29)21(28)24-12-15-8-4-6-10-18(15)23/h4-11,14,20H,12-13H2,1-3H3,(H,24,28)(H,25,29)/t20-/m0/s1. The van der Waals surface area contributed by atoms with Crippen molar-refractivity contribution in [2.24, 2.45) is 7.05 Å². The number of benzene rings is 2. The Kier molecular flexibility index (Phi) is 6.56. The van der Waals surface area contributed by atoms with Crippen molar-refractivity contribution < 1.29 is 9.59 Å². The van der Waals surface area contributed by atoms with E-state index in [1.165, 1.54) is 0 Å². The van der Waals surface area contributed by atoms with E-state index in [0.29, 0.717) is 11.6 Å². The molecule has 2 amide bonds. The molecule has 3 rings (SSSR count). The first kappa shape index (κ1) is 20.9. The van der Waals surface area contributed by atoms with Gasteiger partial charge in [-0.1, -0.05) is 48.0 Å². The minimum Gasteiger partial charge on any atom is -0.350 e. The second-order valence-corrected chi connectivity index (χ2v) is 7.58. The van der Waals surface area contributed by atoms with Gasteiger partial charge in [-0.25, -0.2) is 0 Å². The molecule has 0 bridgehead atoms. The highest BCUT2D eigenvalue weighted by Gasteiger charge is 2.22. The molecule has 0 aliphatic rings. The molecule has 152 valence electrons. The number of amides is 2. The number of para-hydroxylation sites is 1. The lowest BCUT2D eigenvalue weighted by Gasteiger charge is -2.24. The number of hydrogen-bond donors (Lipinski definition) is 2. The summed E-state index contributed by atoms with van der Waals surface area (Å²) in [5, 5.41) is 7.05. The van der Waals surface area contributed by atoms with Crippen molar-refractivity contribution in [3.05, 3.63) is 70.9 Å². The molecular weight excluding hydrogens is 388 g/mol. The van der Waals surface area contributed by atoms with E-state index in [2.05, 4.69) is 33.5 Å². The van der Waals surface area contributed by atoms with Gasteiger partial charge in [0.2, 0.25) is 0 Å². The molecule has 0 aliphatic heterocycles. The van der Waals surface area contributed by atoms with Crippen molar-refractivity contribution in [3.63, 3.8) is 0 Å². The third kappa shape index (κ3) is 4.78. The maximum absolute atomic E-state index is 12.3. The van der Waals surface area contributed by atoms with E-state index in [9.17, 15) is 9.59 Å². The fraction of sp³-hybridized carbons (Fsp3) is 0.273. The van der Waals surface area contributed by atoms with E-state index in [0.717, 1.165) is 22.0 Å². The van der Waals surface area contributed by atoms with E-state index in [1.807, 2.05) is 56.4 Å². The summed E-state index contributed by atoms with van der Waals surface area (Å²) in [6, 6.07) is 15.3. The second kappa shape index (κ2) is 9.11. The van der Waals surface area contributed by atoms with Crippen LogP contribution in [-0.4, -0.2) is 41.9 Å². The predicted octanol–water partition coefficient (Wildman–Crippen LogP) is 2.87. The molecular formula is C22H25ClN4O2. The molecule has 1 heterocycles. The Hall–Kier alpha value is -2.83. The molecule has 0 radical (unpaired) electrons. The highest BCUT2D eigenvalue weighted by Crippen LogP contribution is 2.28. The lowest BCUT2D eigenvalue weighted by atomic mass is 10.0. The summed E-state index contributed by atoms with van der Waals surface area (Å²) in [6.07, 6.45) is 2.07. The molecule has 2 N–H and O–H groups in total. The number of nitrogens with zero attached hydrogens (tertiary/aromatic N) is 2. The second-order valence-electron chi connectivity index (χ2n) is 7.18. The Morgan fingerprint density at radius 1 is 1.03 bits per heavy atom. The van der Waals surface area contributed by atoms with Gasteiger partial charge in [0.15, 0.2) is 0 Å². The highest BCUT2D eigenvalue weighted by atomic mass is 35.5. The van der Waals surface area contributed by atoms with Crippen LogP contribution in [0.3, 0.4) is 0 Å². The van der Waals surface area contributed by atoms with Gasteiger partial charge in [0.05, 0.1) is 6.04 Å². The van der Waals surface area contributed by atoms with Crippen LogP contribution in [0.15, 0.2) is 54.7 Å². The molecule has 6 nitrogen and oxygen atoms in total. The van der Waals surface area contributed by atoms with Gasteiger partial charge in [0.25, 0.3) is 0 Å². The number of rotatable bonds is 6. The van der Waals surface area contributed by atoms with Crippen molar-refractivity contribution in [2.75, 3.05) is 20.6 Å². The first-order valence-electron chi connectivity index (χ1n) is 9.38. The molecule has 2 aromatic carbocycles. The van der Waals surface area contributed by atoms with Gasteiger partial charge in [-0.2, -0.15) is 0 Å². The summed E-state index contributed by atoms with van der Waals surface area (Å²) < 4.78 is 2.07. The zero-order chi connectivity index (χ0) is 21.0. The number of aryl methyl sites for hydroxylation is 1. The first-order valence-corrected chi connectivity index (χ1v) is 9.76. The summed E-state index contributed by atoms with van der Waals surface area (Å²) in [5.41, 5.74) is 2.99. The van der Waals surface area contributed by atoms with Crippen molar-refractivity contribution >= 4 is 34.3 Å². The molecule has 0 aliphatic carbocycles. The van der Waals surface area contributed by atoms with Gasteiger partial charge >= 0.3 is 11.8 Å². The maximum atomic E-state index is 12.3. The molecule has 3 aromatic rings. The lowest BCUT2D eigenvalue weighted by Crippen LogP contribution is -2.42. The zero-order valence-corrected chi connectivity index (χ0v) is 17.5. The Morgan fingerprint density at radius 3 is 2.41 bits per heavy atom. The van der Waals surface area contributed by atoms with Crippen LogP contribution in [0.1, 0.15) is 17.2 Å². The van der Waals surface area contributed by atoms with Crippen LogP contribution >= 0.6 is 11.6 Å². The maximum Gasteiger partial charge on any atom is 0.309 e. The van der Waals surface area contributed by atoms with Gasteiger partial charge < -0.3 is 20.1 Å². The van der Waals surface area contributed by atoms with Crippen LogP contribution in [0, 0.1) is 0 Å². The molecule has 29 heavy (non-hydrogen) atoms.